The van der Waals surface area contributed by atoms with Gasteiger partial charge in [-0.1, -0.05) is 0 Å². The van der Waals surface area contributed by atoms with Crippen LogP contribution in [0.1, 0.15) is 13.8 Å². The summed E-state index contributed by atoms with van der Waals surface area (Å²) in [4.78, 5) is 3.06. The Bertz CT molecular complexity index is 1100. The lowest BCUT2D eigenvalue weighted by atomic mass is 10.1. The number of hydrogen-bond donors (Lipinski definition) is 2. The number of sulfonamides is 1. The minimum atomic E-state index is -3.71. The highest BCUT2D eigenvalue weighted by atomic mass is 32.2. The van der Waals surface area contributed by atoms with Crippen LogP contribution in [0.15, 0.2) is 57.6 Å². The van der Waals surface area contributed by atoms with E-state index in [0.29, 0.717) is 17.8 Å². The van der Waals surface area contributed by atoms with E-state index in [1.807, 2.05) is 6.07 Å². The van der Waals surface area contributed by atoms with Crippen LogP contribution in [0.4, 0.5) is 11.4 Å². The fraction of sp³-hybridized carbons (Fsp3) is 0.333. The molecular formula is C21H25N3O4S2. The van der Waals surface area contributed by atoms with Crippen molar-refractivity contribution in [2.75, 3.05) is 29.8 Å². The second-order valence-electron chi connectivity index (χ2n) is 7.50. The van der Waals surface area contributed by atoms with Gasteiger partial charge in [0.05, 0.1) is 31.0 Å². The van der Waals surface area contributed by atoms with Crippen LogP contribution in [-0.2, 0) is 10.0 Å². The van der Waals surface area contributed by atoms with Gasteiger partial charge in [-0.3, -0.25) is 4.72 Å². The minimum Gasteiger partial charge on any atom is -0.495 e. The van der Waals surface area contributed by atoms with E-state index in [1.54, 1.807) is 50.0 Å². The summed E-state index contributed by atoms with van der Waals surface area (Å²) < 4.78 is 39.5. The Labute approximate surface area is 180 Å². The van der Waals surface area contributed by atoms with E-state index in [-0.39, 0.29) is 4.21 Å². The number of rotatable bonds is 6. The first-order chi connectivity index (χ1) is 14.4. The average molecular weight is 448 g/mol. The monoisotopic (exact) mass is 447 g/mol. The zero-order chi connectivity index (χ0) is 21.3. The summed E-state index contributed by atoms with van der Waals surface area (Å²) in [6, 6.07) is 11.2. The summed E-state index contributed by atoms with van der Waals surface area (Å²) in [6.45, 7) is 5.90. The van der Waals surface area contributed by atoms with Crippen molar-refractivity contribution in [3.8, 4) is 16.2 Å². The fourth-order valence-electron chi connectivity index (χ4n) is 3.75. The average Bonchev–Trinajstić information content (AvgIpc) is 3.39. The molecule has 1 fully saturated rings. The Kier molecular flexibility index (Phi) is 5.77. The van der Waals surface area contributed by atoms with Crippen LogP contribution in [-0.4, -0.2) is 40.7 Å². The van der Waals surface area contributed by atoms with Gasteiger partial charge < -0.3 is 19.4 Å². The zero-order valence-corrected chi connectivity index (χ0v) is 18.7. The molecule has 0 saturated carbocycles. The molecule has 0 unspecified atom stereocenters. The van der Waals surface area contributed by atoms with Gasteiger partial charge in [0, 0.05) is 35.6 Å². The second-order valence-corrected chi connectivity index (χ2v) is 10.5. The number of furan rings is 1. The highest BCUT2D eigenvalue weighted by molar-refractivity contribution is 7.94. The van der Waals surface area contributed by atoms with Crippen molar-refractivity contribution in [2.45, 2.75) is 30.1 Å². The molecule has 1 saturated heterocycles. The van der Waals surface area contributed by atoms with Crippen molar-refractivity contribution in [3.63, 3.8) is 0 Å². The number of thiophene rings is 1. The topological polar surface area (TPSA) is 83.8 Å². The van der Waals surface area contributed by atoms with Crippen LogP contribution in [0.25, 0.3) is 10.4 Å². The predicted octanol–water partition coefficient (Wildman–Crippen LogP) is 4.00. The summed E-state index contributed by atoms with van der Waals surface area (Å²) in [6.07, 6.45) is 3.17. The molecule has 3 heterocycles. The Morgan fingerprint density at radius 2 is 1.93 bits per heavy atom. The van der Waals surface area contributed by atoms with E-state index in [2.05, 4.69) is 28.8 Å². The summed E-state index contributed by atoms with van der Waals surface area (Å²) in [5, 5.41) is 3.51. The van der Waals surface area contributed by atoms with Crippen molar-refractivity contribution in [3.05, 3.63) is 48.9 Å². The van der Waals surface area contributed by atoms with E-state index in [9.17, 15) is 8.42 Å². The zero-order valence-electron chi connectivity index (χ0n) is 17.1. The van der Waals surface area contributed by atoms with Gasteiger partial charge in [0.2, 0.25) is 0 Å². The fourth-order valence-corrected chi connectivity index (χ4v) is 6.10. The molecule has 7 nitrogen and oxygen atoms in total. The van der Waals surface area contributed by atoms with Crippen molar-refractivity contribution < 1.29 is 17.6 Å². The molecule has 0 bridgehead atoms. The maximum atomic E-state index is 13.0. The number of benzene rings is 1. The first-order valence-corrected chi connectivity index (χ1v) is 12.0. The lowest BCUT2D eigenvalue weighted by Crippen LogP contribution is -2.54. The Balaban J connectivity index is 1.60. The van der Waals surface area contributed by atoms with Crippen LogP contribution in [0.5, 0.6) is 5.75 Å². The third kappa shape index (κ3) is 4.33. The molecule has 0 radical (unpaired) electrons. The normalized spacial score (nSPS) is 19.6. The van der Waals surface area contributed by atoms with Crippen molar-refractivity contribution in [1.29, 1.82) is 0 Å². The lowest BCUT2D eigenvalue weighted by molar-refractivity contribution is 0.391. The van der Waals surface area contributed by atoms with Crippen LogP contribution >= 0.6 is 11.3 Å². The number of ether oxygens (including phenoxy) is 1. The third-order valence-corrected chi connectivity index (χ3v) is 7.99. The van der Waals surface area contributed by atoms with Crippen molar-refractivity contribution in [1.82, 2.24) is 5.32 Å². The van der Waals surface area contributed by atoms with Crippen molar-refractivity contribution >= 4 is 32.7 Å². The summed E-state index contributed by atoms with van der Waals surface area (Å²) in [7, 11) is -2.08. The molecule has 0 spiro atoms. The Morgan fingerprint density at radius 3 is 2.60 bits per heavy atom. The molecular weight excluding hydrogens is 422 g/mol. The molecule has 4 rings (SSSR count). The maximum absolute atomic E-state index is 13.0. The van der Waals surface area contributed by atoms with Gasteiger partial charge in [-0.2, -0.15) is 0 Å². The van der Waals surface area contributed by atoms with Gasteiger partial charge in [-0.15, -0.1) is 11.3 Å². The number of anilines is 2. The molecule has 2 N–H and O–H groups in total. The van der Waals surface area contributed by atoms with E-state index in [4.69, 9.17) is 9.15 Å². The van der Waals surface area contributed by atoms with Crippen molar-refractivity contribution in [2.24, 2.45) is 0 Å². The number of nitrogens with one attached hydrogen (secondary N) is 2. The minimum absolute atomic E-state index is 0.250. The van der Waals surface area contributed by atoms with E-state index >= 15 is 0 Å². The van der Waals surface area contributed by atoms with E-state index in [0.717, 1.165) is 35.0 Å². The van der Waals surface area contributed by atoms with E-state index < -0.39 is 10.0 Å². The van der Waals surface area contributed by atoms with Gasteiger partial charge in [0.25, 0.3) is 10.0 Å². The highest BCUT2D eigenvalue weighted by Crippen LogP contribution is 2.35. The SMILES string of the molecule is COc1ccc(NS(=O)(=O)c2ccc(-c3ccoc3)s2)cc1N1C[C@@H](C)N[C@@H](C)C1. The number of methoxy groups -OCH3 is 1. The smallest absolute Gasteiger partial charge is 0.271 e. The Morgan fingerprint density at radius 1 is 1.17 bits per heavy atom. The van der Waals surface area contributed by atoms with Gasteiger partial charge in [-0.05, 0) is 50.2 Å². The summed E-state index contributed by atoms with van der Waals surface area (Å²) in [5.74, 6) is 0.720. The lowest BCUT2D eigenvalue weighted by Gasteiger charge is -2.38. The number of piperazine rings is 1. The predicted molar refractivity (Wildman–Crippen MR) is 120 cm³/mol. The van der Waals surface area contributed by atoms with E-state index in [1.165, 1.54) is 11.3 Å². The molecule has 1 aromatic carbocycles. The number of hydrogen-bond acceptors (Lipinski definition) is 7. The molecule has 160 valence electrons. The summed E-state index contributed by atoms with van der Waals surface area (Å²) >= 11 is 1.20. The van der Waals surface area contributed by atoms with Gasteiger partial charge >= 0.3 is 0 Å². The molecule has 0 aliphatic carbocycles. The first kappa shape index (κ1) is 20.8. The molecule has 2 atom stereocenters. The molecule has 2 aromatic heterocycles. The number of nitrogens with zero attached hydrogens (tertiary/aromatic N) is 1. The van der Waals surface area contributed by atoms with Gasteiger partial charge in [0.15, 0.2) is 0 Å². The first-order valence-electron chi connectivity index (χ1n) is 9.70. The molecule has 30 heavy (non-hydrogen) atoms. The molecule has 1 aliphatic heterocycles. The summed E-state index contributed by atoms with van der Waals surface area (Å²) in [5.41, 5.74) is 2.24. The third-order valence-electron chi connectivity index (χ3n) is 4.98. The maximum Gasteiger partial charge on any atom is 0.271 e. The standard InChI is InChI=1S/C21H25N3O4S2/c1-14-11-24(12-15(2)22-14)18-10-17(4-5-19(18)27-3)23-30(25,26)21-7-6-20(29-21)16-8-9-28-13-16/h4-10,13-15,22-23H,11-12H2,1-3H3/t14-,15+. The quantitative estimate of drug-likeness (QED) is 0.594. The van der Waals surface area contributed by atoms with Gasteiger partial charge in [0.1, 0.15) is 9.96 Å². The Hall–Kier alpha value is -2.49. The van der Waals surface area contributed by atoms with Crippen LogP contribution < -0.4 is 19.7 Å². The van der Waals surface area contributed by atoms with Crippen LogP contribution in [0.3, 0.4) is 0 Å². The molecule has 3 aromatic rings. The molecule has 0 amide bonds. The second kappa shape index (κ2) is 8.33. The molecule has 9 heteroatoms. The van der Waals surface area contributed by atoms with Crippen LogP contribution in [0.2, 0.25) is 0 Å². The molecule has 1 aliphatic rings. The van der Waals surface area contributed by atoms with Crippen LogP contribution in [0, 0.1) is 0 Å². The van der Waals surface area contributed by atoms with Gasteiger partial charge in [-0.25, -0.2) is 8.42 Å². The largest absolute Gasteiger partial charge is 0.495 e. The highest BCUT2D eigenvalue weighted by Gasteiger charge is 2.24.